The van der Waals surface area contributed by atoms with E-state index in [1.54, 1.807) is 0 Å². The van der Waals surface area contributed by atoms with Gasteiger partial charge in [0.2, 0.25) is 0 Å². The van der Waals surface area contributed by atoms with Crippen molar-refractivity contribution in [3.63, 3.8) is 0 Å². The van der Waals surface area contributed by atoms with Crippen molar-refractivity contribution in [3.8, 4) is 0 Å². The van der Waals surface area contributed by atoms with Gasteiger partial charge in [-0.3, -0.25) is 14.4 Å². The van der Waals surface area contributed by atoms with Crippen LogP contribution in [0.2, 0.25) is 0 Å². The van der Waals surface area contributed by atoms with Gasteiger partial charge in [-0.25, -0.2) is 0 Å². The highest BCUT2D eigenvalue weighted by Gasteiger charge is 2.19. The molecule has 0 bridgehead atoms. The minimum atomic E-state index is -0.792. The van der Waals surface area contributed by atoms with Crippen molar-refractivity contribution in [2.45, 2.75) is 258 Å². The largest absolute Gasteiger partial charge is 0.462 e. The predicted octanol–water partition coefficient (Wildman–Crippen LogP) is 18.0. The molecule has 0 heterocycles. The Morgan fingerprint density at radius 3 is 1.00 bits per heavy atom. The van der Waals surface area contributed by atoms with Crippen LogP contribution < -0.4 is 0 Å². The van der Waals surface area contributed by atoms with Crippen LogP contribution in [0.15, 0.2) is 85.1 Å². The first-order chi connectivity index (χ1) is 32.0. The number of hydrogen-bond acceptors (Lipinski definition) is 6. The molecule has 0 saturated heterocycles. The molecular weight excluding hydrogens is 805 g/mol. The first kappa shape index (κ1) is 61.6. The van der Waals surface area contributed by atoms with E-state index in [9.17, 15) is 14.4 Å². The molecule has 0 aromatic rings. The number of carbonyl (C=O) groups excluding carboxylic acids is 3. The van der Waals surface area contributed by atoms with Crippen LogP contribution in [-0.4, -0.2) is 37.2 Å². The minimum absolute atomic E-state index is 0.0904. The number of carbonyl (C=O) groups is 3. The number of ether oxygens (including phenoxy) is 3. The second-order valence-corrected chi connectivity index (χ2v) is 17.7. The van der Waals surface area contributed by atoms with Crippen LogP contribution in [0.4, 0.5) is 0 Å². The molecule has 0 amide bonds. The summed E-state index contributed by atoms with van der Waals surface area (Å²) in [5.74, 6) is -0.928. The van der Waals surface area contributed by atoms with Crippen molar-refractivity contribution < 1.29 is 28.6 Å². The summed E-state index contributed by atoms with van der Waals surface area (Å²) in [6, 6.07) is 0. The highest BCUT2D eigenvalue weighted by Crippen LogP contribution is 2.14. The van der Waals surface area contributed by atoms with Crippen LogP contribution in [0.1, 0.15) is 252 Å². The zero-order chi connectivity index (χ0) is 47.2. The number of esters is 3. The fourth-order valence-electron chi connectivity index (χ4n) is 7.27. The number of allylic oxidation sites excluding steroid dienone is 14. The van der Waals surface area contributed by atoms with Gasteiger partial charge in [0, 0.05) is 19.3 Å². The standard InChI is InChI=1S/C59H100O6/c1-4-7-10-13-16-19-22-24-26-28-29-31-33-35-38-40-43-46-49-52-58(61)64-55-56(65-59(62)53-50-47-44-41-36-21-18-15-12-9-6-3)54-63-57(60)51-48-45-42-39-37-34-32-30-27-25-23-20-17-14-11-8-5-2/h8,11,15-20,24-27,32,34,56H,4-7,9-10,12-14,21-23,28-31,33,35-55H2,1-3H3/b11-8-,18-15-,19-16-,20-17-,26-24-,27-25-,34-32-/t56-/m1/s1. The Kier molecular flexibility index (Phi) is 50.4. The third-order valence-electron chi connectivity index (χ3n) is 11.4. The van der Waals surface area contributed by atoms with Gasteiger partial charge >= 0.3 is 17.9 Å². The summed E-state index contributed by atoms with van der Waals surface area (Å²) in [6.07, 6.45) is 68.5. The molecule has 0 radical (unpaired) electrons. The quantitative estimate of drug-likeness (QED) is 0.0262. The minimum Gasteiger partial charge on any atom is -0.462 e. The fourth-order valence-corrected chi connectivity index (χ4v) is 7.27. The summed E-state index contributed by atoms with van der Waals surface area (Å²) in [4.78, 5) is 38.0. The van der Waals surface area contributed by atoms with Crippen LogP contribution in [0, 0.1) is 0 Å². The Hall–Kier alpha value is -3.41. The van der Waals surface area contributed by atoms with Crippen molar-refractivity contribution in [1.29, 1.82) is 0 Å². The van der Waals surface area contributed by atoms with E-state index in [4.69, 9.17) is 14.2 Å². The maximum atomic E-state index is 12.8. The lowest BCUT2D eigenvalue weighted by Gasteiger charge is -2.18. The number of rotatable bonds is 48. The van der Waals surface area contributed by atoms with Gasteiger partial charge in [-0.2, -0.15) is 0 Å². The van der Waals surface area contributed by atoms with Crippen molar-refractivity contribution in [1.82, 2.24) is 0 Å². The Morgan fingerprint density at radius 2 is 0.615 bits per heavy atom. The lowest BCUT2D eigenvalue weighted by atomic mass is 10.1. The lowest BCUT2D eigenvalue weighted by molar-refractivity contribution is -0.167. The zero-order valence-electron chi connectivity index (χ0n) is 42.5. The molecular formula is C59H100O6. The van der Waals surface area contributed by atoms with Crippen molar-refractivity contribution in [3.05, 3.63) is 85.1 Å². The molecule has 0 rings (SSSR count). The van der Waals surface area contributed by atoms with Crippen LogP contribution in [0.25, 0.3) is 0 Å². The average Bonchev–Trinajstić information content (AvgIpc) is 3.30. The van der Waals surface area contributed by atoms with Crippen LogP contribution in [-0.2, 0) is 28.6 Å². The number of unbranched alkanes of at least 4 members (excludes halogenated alkanes) is 23. The molecule has 0 N–H and O–H groups in total. The second-order valence-electron chi connectivity index (χ2n) is 17.7. The molecule has 6 nitrogen and oxygen atoms in total. The smallest absolute Gasteiger partial charge is 0.306 e. The van der Waals surface area contributed by atoms with Gasteiger partial charge in [-0.05, 0) is 109 Å². The molecule has 0 aromatic carbocycles. The van der Waals surface area contributed by atoms with E-state index < -0.39 is 6.10 Å². The van der Waals surface area contributed by atoms with Gasteiger partial charge < -0.3 is 14.2 Å². The van der Waals surface area contributed by atoms with Crippen LogP contribution in [0.3, 0.4) is 0 Å². The average molecular weight is 905 g/mol. The van der Waals surface area contributed by atoms with Gasteiger partial charge in [0.25, 0.3) is 0 Å². The normalized spacial score (nSPS) is 12.7. The van der Waals surface area contributed by atoms with Crippen molar-refractivity contribution in [2.75, 3.05) is 13.2 Å². The molecule has 0 aliphatic carbocycles. The van der Waals surface area contributed by atoms with Crippen LogP contribution in [0.5, 0.6) is 0 Å². The molecule has 0 spiro atoms. The van der Waals surface area contributed by atoms with Crippen LogP contribution >= 0.6 is 0 Å². The molecule has 1 atom stereocenters. The van der Waals surface area contributed by atoms with E-state index >= 15 is 0 Å². The summed E-state index contributed by atoms with van der Waals surface area (Å²) >= 11 is 0. The van der Waals surface area contributed by atoms with Crippen molar-refractivity contribution in [2.24, 2.45) is 0 Å². The first-order valence-electron chi connectivity index (χ1n) is 27.1. The maximum absolute atomic E-state index is 12.8. The molecule has 0 aliphatic rings. The van der Waals surface area contributed by atoms with Crippen molar-refractivity contribution >= 4 is 17.9 Å². The highest BCUT2D eigenvalue weighted by molar-refractivity contribution is 5.71. The lowest BCUT2D eigenvalue weighted by Crippen LogP contribution is -2.30. The summed E-state index contributed by atoms with van der Waals surface area (Å²) in [5.41, 5.74) is 0. The SMILES string of the molecule is CC/C=C\C/C=C\C/C=C\C/C=C\CCCCCCC(=O)OC[C@H](COC(=O)CCCCCCCCCCC/C=C\C/C=C\CCCCC)OC(=O)CCCCCCC/C=C\CCCC. The molecule has 0 aliphatic heterocycles. The summed E-state index contributed by atoms with van der Waals surface area (Å²) < 4.78 is 16.8. The summed E-state index contributed by atoms with van der Waals surface area (Å²) in [7, 11) is 0. The van der Waals surface area contributed by atoms with Gasteiger partial charge in [0.1, 0.15) is 13.2 Å². The first-order valence-corrected chi connectivity index (χ1v) is 27.1. The third-order valence-corrected chi connectivity index (χ3v) is 11.4. The molecule has 0 aromatic heterocycles. The van der Waals surface area contributed by atoms with Gasteiger partial charge in [-0.1, -0.05) is 209 Å². The van der Waals surface area contributed by atoms with E-state index in [1.165, 1.54) is 96.3 Å². The second kappa shape index (κ2) is 53.2. The topological polar surface area (TPSA) is 78.9 Å². The molecule has 6 heteroatoms. The predicted molar refractivity (Wildman–Crippen MR) is 279 cm³/mol. The maximum Gasteiger partial charge on any atom is 0.306 e. The Labute approximate surface area is 401 Å². The van der Waals surface area contributed by atoms with E-state index in [0.29, 0.717) is 19.3 Å². The van der Waals surface area contributed by atoms with E-state index in [1.807, 2.05) is 0 Å². The molecule has 0 fully saturated rings. The van der Waals surface area contributed by atoms with E-state index in [0.717, 1.165) is 116 Å². The Morgan fingerprint density at radius 1 is 0.323 bits per heavy atom. The Balaban J connectivity index is 4.38. The van der Waals surface area contributed by atoms with Gasteiger partial charge in [0.05, 0.1) is 0 Å². The van der Waals surface area contributed by atoms with Gasteiger partial charge in [-0.15, -0.1) is 0 Å². The molecule has 0 unspecified atom stereocenters. The number of hydrogen-bond donors (Lipinski definition) is 0. The molecule has 372 valence electrons. The Bertz CT molecular complexity index is 1270. The van der Waals surface area contributed by atoms with E-state index in [2.05, 4.69) is 106 Å². The highest BCUT2D eigenvalue weighted by atomic mass is 16.6. The zero-order valence-corrected chi connectivity index (χ0v) is 42.5. The summed E-state index contributed by atoms with van der Waals surface area (Å²) in [6.45, 7) is 6.43. The monoisotopic (exact) mass is 905 g/mol. The van der Waals surface area contributed by atoms with Gasteiger partial charge in [0.15, 0.2) is 6.10 Å². The molecule has 65 heavy (non-hydrogen) atoms. The third kappa shape index (κ3) is 51.4. The van der Waals surface area contributed by atoms with E-state index in [-0.39, 0.29) is 31.1 Å². The molecule has 0 saturated carbocycles. The summed E-state index contributed by atoms with van der Waals surface area (Å²) in [5, 5.41) is 0. The fraction of sp³-hybridized carbons (Fsp3) is 0.712.